The van der Waals surface area contributed by atoms with E-state index in [0.29, 0.717) is 10.6 Å². The first-order valence-corrected chi connectivity index (χ1v) is 7.09. The first-order valence-electron chi connectivity index (χ1n) is 6.71. The maximum atomic E-state index is 9.85. The molecule has 1 fully saturated rings. The van der Waals surface area contributed by atoms with Gasteiger partial charge in [-0.15, -0.1) is 0 Å². The summed E-state index contributed by atoms with van der Waals surface area (Å²) in [5, 5.41) is 29.5. The molecule has 0 aliphatic heterocycles. The van der Waals surface area contributed by atoms with Crippen LogP contribution in [0, 0.1) is 39.4 Å². The third-order valence-electron chi connectivity index (χ3n) is 4.37. The van der Waals surface area contributed by atoms with Gasteiger partial charge in [0.15, 0.2) is 5.41 Å². The number of nitriles is 3. The predicted octanol–water partition coefficient (Wildman–Crippen LogP) is 3.93. The van der Waals surface area contributed by atoms with E-state index in [0.717, 1.165) is 5.56 Å². The van der Waals surface area contributed by atoms with Gasteiger partial charge in [0, 0.05) is 10.9 Å². The average molecular weight is 304 g/mol. The van der Waals surface area contributed by atoms with Gasteiger partial charge in [-0.1, -0.05) is 60.1 Å². The minimum absolute atomic E-state index is 0.400. The highest BCUT2D eigenvalue weighted by atomic mass is 35.5. The molecular weight excluding hydrogens is 294 g/mol. The second-order valence-electron chi connectivity index (χ2n) is 5.27. The van der Waals surface area contributed by atoms with Crippen LogP contribution in [0.1, 0.15) is 17.0 Å². The molecule has 22 heavy (non-hydrogen) atoms. The molecule has 0 N–H and O–H groups in total. The number of benzene rings is 2. The SMILES string of the molecule is N#CC1(C#N)[C@H](c2ccccc2)[C@@]1(C#N)c1ccccc1Cl. The van der Waals surface area contributed by atoms with E-state index < -0.39 is 16.7 Å². The molecule has 1 aliphatic rings. The molecule has 104 valence electrons. The lowest BCUT2D eigenvalue weighted by molar-refractivity contribution is 0.742. The van der Waals surface area contributed by atoms with Gasteiger partial charge in [-0.3, -0.25) is 0 Å². The van der Waals surface area contributed by atoms with Crippen molar-refractivity contribution in [3.05, 3.63) is 70.7 Å². The number of nitrogens with zero attached hydrogens (tertiary/aromatic N) is 3. The summed E-state index contributed by atoms with van der Waals surface area (Å²) >= 11 is 6.25. The van der Waals surface area contributed by atoms with Crippen LogP contribution in [-0.2, 0) is 5.41 Å². The van der Waals surface area contributed by atoms with Crippen LogP contribution in [-0.4, -0.2) is 0 Å². The number of halogens is 1. The lowest BCUT2D eigenvalue weighted by atomic mass is 9.88. The minimum Gasteiger partial charge on any atom is -0.197 e. The van der Waals surface area contributed by atoms with Crippen LogP contribution in [0.3, 0.4) is 0 Å². The Hall–Kier alpha value is -2.80. The Morgan fingerprint density at radius 2 is 1.41 bits per heavy atom. The van der Waals surface area contributed by atoms with Crippen molar-refractivity contribution in [3.63, 3.8) is 0 Å². The van der Waals surface area contributed by atoms with Crippen molar-refractivity contribution in [3.8, 4) is 18.2 Å². The van der Waals surface area contributed by atoms with Crippen LogP contribution in [0.2, 0.25) is 5.02 Å². The average Bonchev–Trinajstić information content (AvgIpc) is 3.19. The van der Waals surface area contributed by atoms with Crippen molar-refractivity contribution in [2.24, 2.45) is 5.41 Å². The second-order valence-corrected chi connectivity index (χ2v) is 5.68. The summed E-state index contributed by atoms with van der Waals surface area (Å²) in [5.74, 6) is -0.513. The van der Waals surface area contributed by atoms with Gasteiger partial charge >= 0.3 is 0 Å². The fourth-order valence-corrected chi connectivity index (χ4v) is 3.60. The molecule has 2 aromatic carbocycles. The molecule has 0 aromatic heterocycles. The monoisotopic (exact) mass is 303 g/mol. The van der Waals surface area contributed by atoms with Crippen molar-refractivity contribution in [2.45, 2.75) is 11.3 Å². The molecule has 3 nitrogen and oxygen atoms in total. The van der Waals surface area contributed by atoms with Crippen molar-refractivity contribution in [1.29, 1.82) is 15.8 Å². The van der Waals surface area contributed by atoms with Crippen molar-refractivity contribution in [2.75, 3.05) is 0 Å². The molecule has 0 radical (unpaired) electrons. The van der Waals surface area contributed by atoms with E-state index in [1.165, 1.54) is 0 Å². The summed E-state index contributed by atoms with van der Waals surface area (Å²) in [5.41, 5.74) is -1.33. The van der Waals surface area contributed by atoms with E-state index in [-0.39, 0.29) is 0 Å². The van der Waals surface area contributed by atoms with Crippen LogP contribution in [0.4, 0.5) is 0 Å². The van der Waals surface area contributed by atoms with Gasteiger partial charge in [0.05, 0.1) is 18.2 Å². The highest BCUT2D eigenvalue weighted by molar-refractivity contribution is 6.31. The smallest absolute Gasteiger partial charge is 0.175 e. The minimum atomic E-state index is -1.42. The zero-order chi connectivity index (χ0) is 15.8. The summed E-state index contributed by atoms with van der Waals surface area (Å²) in [6.07, 6.45) is 0. The Balaban J connectivity index is 2.28. The van der Waals surface area contributed by atoms with Crippen LogP contribution in [0.25, 0.3) is 0 Å². The van der Waals surface area contributed by atoms with Crippen LogP contribution in [0.5, 0.6) is 0 Å². The molecule has 1 saturated carbocycles. The van der Waals surface area contributed by atoms with Gasteiger partial charge in [-0.2, -0.15) is 15.8 Å². The summed E-state index contributed by atoms with van der Waals surface area (Å²) in [4.78, 5) is 0. The lowest BCUT2D eigenvalue weighted by Crippen LogP contribution is -2.15. The van der Waals surface area contributed by atoms with E-state index in [9.17, 15) is 15.8 Å². The normalized spacial score (nSPS) is 24.5. The second kappa shape index (κ2) is 4.88. The van der Waals surface area contributed by atoms with Crippen LogP contribution in [0.15, 0.2) is 54.6 Å². The van der Waals surface area contributed by atoms with E-state index in [4.69, 9.17) is 11.6 Å². The van der Waals surface area contributed by atoms with E-state index in [2.05, 4.69) is 18.2 Å². The Bertz CT molecular complexity index is 840. The Labute approximate surface area is 133 Å². The molecule has 2 aromatic rings. The first kappa shape index (κ1) is 14.2. The van der Waals surface area contributed by atoms with Crippen LogP contribution < -0.4 is 0 Å². The fraction of sp³-hybridized carbons (Fsp3) is 0.167. The summed E-state index contributed by atoms with van der Waals surface area (Å²) in [7, 11) is 0. The fourth-order valence-electron chi connectivity index (χ4n) is 3.31. The summed E-state index contributed by atoms with van der Waals surface area (Å²) in [6, 6.07) is 22.5. The summed E-state index contributed by atoms with van der Waals surface area (Å²) in [6.45, 7) is 0. The van der Waals surface area contributed by atoms with E-state index in [1.807, 2.05) is 30.3 Å². The van der Waals surface area contributed by atoms with Gasteiger partial charge < -0.3 is 0 Å². The molecule has 0 bridgehead atoms. The topological polar surface area (TPSA) is 71.4 Å². The van der Waals surface area contributed by atoms with E-state index >= 15 is 0 Å². The maximum absolute atomic E-state index is 9.85. The van der Waals surface area contributed by atoms with Gasteiger partial charge in [-0.05, 0) is 17.2 Å². The number of hydrogen-bond acceptors (Lipinski definition) is 3. The highest BCUT2D eigenvalue weighted by Crippen LogP contribution is 2.74. The highest BCUT2D eigenvalue weighted by Gasteiger charge is 2.81. The Morgan fingerprint density at radius 3 is 1.95 bits per heavy atom. The third kappa shape index (κ3) is 1.54. The largest absolute Gasteiger partial charge is 0.197 e. The first-order chi connectivity index (χ1) is 10.7. The molecule has 0 heterocycles. The zero-order valence-electron chi connectivity index (χ0n) is 11.5. The van der Waals surface area contributed by atoms with Gasteiger partial charge in [0.2, 0.25) is 0 Å². The standard InChI is InChI=1S/C18H10ClN3/c19-15-9-5-4-8-14(15)18(12-22)16(17(18,10-20)11-21)13-6-2-1-3-7-13/h1-9,16H/t16-,18+/m0/s1. The molecular formula is C18H10ClN3. The van der Waals surface area contributed by atoms with Crippen molar-refractivity contribution >= 4 is 11.6 Å². The quantitative estimate of drug-likeness (QED) is 0.843. The lowest BCUT2D eigenvalue weighted by Gasteiger charge is -2.11. The van der Waals surface area contributed by atoms with Gasteiger partial charge in [-0.25, -0.2) is 0 Å². The Kier molecular flexibility index (Phi) is 3.14. The molecule has 0 saturated heterocycles. The predicted molar refractivity (Wildman–Crippen MR) is 81.6 cm³/mol. The zero-order valence-corrected chi connectivity index (χ0v) is 12.2. The maximum Gasteiger partial charge on any atom is 0.175 e. The van der Waals surface area contributed by atoms with Crippen molar-refractivity contribution < 1.29 is 0 Å². The molecule has 0 spiro atoms. The van der Waals surface area contributed by atoms with Crippen molar-refractivity contribution in [1.82, 2.24) is 0 Å². The van der Waals surface area contributed by atoms with Crippen LogP contribution >= 0.6 is 11.6 Å². The summed E-state index contributed by atoms with van der Waals surface area (Å²) < 4.78 is 0. The van der Waals surface area contributed by atoms with E-state index in [1.54, 1.807) is 24.3 Å². The molecule has 0 unspecified atom stereocenters. The third-order valence-corrected chi connectivity index (χ3v) is 4.69. The molecule has 2 atom stereocenters. The molecule has 0 amide bonds. The van der Waals surface area contributed by atoms with Gasteiger partial charge in [0.25, 0.3) is 0 Å². The van der Waals surface area contributed by atoms with Gasteiger partial charge in [0.1, 0.15) is 5.41 Å². The number of hydrogen-bond donors (Lipinski definition) is 0. The molecule has 3 rings (SSSR count). The number of rotatable bonds is 2. The Morgan fingerprint density at radius 1 is 0.818 bits per heavy atom. The molecule has 4 heteroatoms. The molecule has 1 aliphatic carbocycles.